The molecule has 3 heterocycles. The van der Waals surface area contributed by atoms with Gasteiger partial charge in [0.25, 0.3) is 0 Å². The fourth-order valence-electron chi connectivity index (χ4n) is 3.06. The molecule has 0 atom stereocenters. The highest BCUT2D eigenvalue weighted by Crippen LogP contribution is 2.32. The predicted molar refractivity (Wildman–Crippen MR) is 118 cm³/mol. The number of carbonyl (C=O) groups excluding carboxylic acids is 1. The summed E-state index contributed by atoms with van der Waals surface area (Å²) < 4.78 is 6.45. The van der Waals surface area contributed by atoms with Gasteiger partial charge >= 0.3 is 0 Å². The lowest BCUT2D eigenvalue weighted by Gasteiger charge is -2.26. The number of hydrogen-bond acceptors (Lipinski definition) is 6. The molecule has 0 aliphatic carbocycles. The summed E-state index contributed by atoms with van der Waals surface area (Å²) in [4.78, 5) is 20.5. The van der Waals surface area contributed by atoms with Crippen LogP contribution in [-0.2, 0) is 22.5 Å². The first-order chi connectivity index (χ1) is 13.7. The van der Waals surface area contributed by atoms with E-state index < -0.39 is 0 Å². The maximum atomic E-state index is 12.5. The summed E-state index contributed by atoms with van der Waals surface area (Å²) in [5.41, 5.74) is 2.82. The third kappa shape index (κ3) is 5.27. The first kappa shape index (κ1) is 19.7. The quantitative estimate of drug-likeness (QED) is 0.561. The minimum absolute atomic E-state index is 0.0484. The Bertz CT molecular complexity index is 950. The van der Waals surface area contributed by atoms with Gasteiger partial charge < -0.3 is 10.1 Å². The predicted octanol–water partition coefficient (Wildman–Crippen LogP) is 4.65. The largest absolute Gasteiger partial charge is 0.379 e. The van der Waals surface area contributed by atoms with Gasteiger partial charge in [0.2, 0.25) is 5.91 Å². The third-order valence-corrected chi connectivity index (χ3v) is 7.14. The fourth-order valence-corrected chi connectivity index (χ4v) is 5.39. The standard InChI is InChI=1S/C20H20BrN3O2S2/c21-15-9-18(27-12-15)20-23-17(13-28-20)10-19(25)22-16-3-1-2-14(8-16)11-24-4-6-26-7-5-24/h1-3,8-9,12-13H,4-7,10-11H2,(H,22,25). The molecule has 0 radical (unpaired) electrons. The van der Waals surface area contributed by atoms with Crippen LogP contribution < -0.4 is 5.32 Å². The van der Waals surface area contributed by atoms with Crippen LogP contribution in [0.15, 0.2) is 45.6 Å². The number of thiazole rings is 1. The Morgan fingerprint density at radius 1 is 1.21 bits per heavy atom. The Balaban J connectivity index is 1.35. The number of aromatic nitrogens is 1. The number of hydrogen-bond donors (Lipinski definition) is 1. The van der Waals surface area contributed by atoms with E-state index in [1.54, 1.807) is 22.7 Å². The summed E-state index contributed by atoms with van der Waals surface area (Å²) in [7, 11) is 0. The lowest BCUT2D eigenvalue weighted by atomic mass is 10.1. The molecular formula is C20H20BrN3O2S2. The normalized spacial score (nSPS) is 14.9. The summed E-state index contributed by atoms with van der Waals surface area (Å²) in [6, 6.07) is 10.1. The molecule has 1 aliphatic heterocycles. The lowest BCUT2D eigenvalue weighted by Crippen LogP contribution is -2.35. The SMILES string of the molecule is O=C(Cc1csc(-c2cc(Br)cs2)n1)Nc1cccc(CN2CCOCC2)c1. The molecule has 1 saturated heterocycles. The molecule has 0 bridgehead atoms. The molecule has 0 spiro atoms. The fraction of sp³-hybridized carbons (Fsp3) is 0.300. The van der Waals surface area contributed by atoms with Crippen molar-refractivity contribution in [2.24, 2.45) is 0 Å². The summed E-state index contributed by atoms with van der Waals surface area (Å²) in [5, 5.41) is 7.94. The van der Waals surface area contributed by atoms with Crippen LogP contribution >= 0.6 is 38.6 Å². The number of rotatable bonds is 6. The smallest absolute Gasteiger partial charge is 0.230 e. The van der Waals surface area contributed by atoms with Crippen LogP contribution in [0.25, 0.3) is 9.88 Å². The van der Waals surface area contributed by atoms with Crippen LogP contribution in [0.4, 0.5) is 5.69 Å². The minimum Gasteiger partial charge on any atom is -0.379 e. The Morgan fingerprint density at radius 3 is 2.86 bits per heavy atom. The van der Waals surface area contributed by atoms with Crippen LogP contribution in [-0.4, -0.2) is 42.1 Å². The second-order valence-electron chi connectivity index (χ2n) is 6.59. The van der Waals surface area contributed by atoms with Crippen molar-refractivity contribution in [3.63, 3.8) is 0 Å². The zero-order chi connectivity index (χ0) is 19.3. The number of nitrogens with zero attached hydrogens (tertiary/aromatic N) is 2. The molecule has 1 N–H and O–H groups in total. The molecule has 0 unspecified atom stereocenters. The summed E-state index contributed by atoms with van der Waals surface area (Å²) in [6.45, 7) is 4.34. The van der Waals surface area contributed by atoms with Crippen LogP contribution in [0.2, 0.25) is 0 Å². The number of nitrogens with one attached hydrogen (secondary N) is 1. The van der Waals surface area contributed by atoms with E-state index in [0.29, 0.717) is 0 Å². The molecule has 1 fully saturated rings. The number of anilines is 1. The average Bonchev–Trinajstić information content (AvgIpc) is 3.32. The van der Waals surface area contributed by atoms with E-state index in [9.17, 15) is 4.79 Å². The van der Waals surface area contributed by atoms with Gasteiger partial charge in [-0.25, -0.2) is 4.98 Å². The van der Waals surface area contributed by atoms with Gasteiger partial charge in [-0.3, -0.25) is 9.69 Å². The Hall–Kier alpha value is -1.58. The molecule has 8 heteroatoms. The summed E-state index contributed by atoms with van der Waals surface area (Å²) in [5.74, 6) is -0.0484. The van der Waals surface area contributed by atoms with Gasteiger partial charge in [-0.1, -0.05) is 12.1 Å². The monoisotopic (exact) mass is 477 g/mol. The zero-order valence-corrected chi connectivity index (χ0v) is 18.4. The molecule has 146 valence electrons. The topological polar surface area (TPSA) is 54.5 Å². The zero-order valence-electron chi connectivity index (χ0n) is 15.2. The molecule has 28 heavy (non-hydrogen) atoms. The number of amides is 1. The summed E-state index contributed by atoms with van der Waals surface area (Å²) in [6.07, 6.45) is 0.275. The summed E-state index contributed by atoms with van der Waals surface area (Å²) >= 11 is 6.68. The molecule has 5 nitrogen and oxygen atoms in total. The highest BCUT2D eigenvalue weighted by molar-refractivity contribution is 9.10. The van der Waals surface area contributed by atoms with E-state index in [1.807, 2.05) is 35.0 Å². The first-order valence-electron chi connectivity index (χ1n) is 9.03. The molecule has 0 saturated carbocycles. The van der Waals surface area contributed by atoms with E-state index in [2.05, 4.69) is 37.2 Å². The molecular weight excluding hydrogens is 458 g/mol. The molecule has 4 rings (SSSR count). The number of thiophene rings is 1. The van der Waals surface area contributed by atoms with Crippen molar-refractivity contribution in [1.82, 2.24) is 9.88 Å². The van der Waals surface area contributed by atoms with E-state index in [0.717, 1.165) is 58.6 Å². The third-order valence-electron chi connectivity index (χ3n) is 4.39. The van der Waals surface area contributed by atoms with Gasteiger partial charge in [-0.15, -0.1) is 22.7 Å². The van der Waals surface area contributed by atoms with Crippen LogP contribution in [0.3, 0.4) is 0 Å². The van der Waals surface area contributed by atoms with Gasteiger partial charge in [0.1, 0.15) is 5.01 Å². The van der Waals surface area contributed by atoms with Crippen molar-refractivity contribution >= 4 is 50.2 Å². The molecule has 1 aromatic carbocycles. The van der Waals surface area contributed by atoms with Crippen molar-refractivity contribution in [3.05, 3.63) is 56.8 Å². The maximum absolute atomic E-state index is 12.5. The van der Waals surface area contributed by atoms with Crippen molar-refractivity contribution in [2.75, 3.05) is 31.6 Å². The number of halogens is 1. The van der Waals surface area contributed by atoms with Crippen molar-refractivity contribution in [2.45, 2.75) is 13.0 Å². The number of morpholine rings is 1. The van der Waals surface area contributed by atoms with Crippen molar-refractivity contribution < 1.29 is 9.53 Å². The average molecular weight is 478 g/mol. The Kier molecular flexibility index (Phi) is 6.54. The van der Waals surface area contributed by atoms with Gasteiger partial charge in [0.15, 0.2) is 0 Å². The first-order valence-corrected chi connectivity index (χ1v) is 11.6. The molecule has 2 aromatic heterocycles. The Labute approximate surface area is 180 Å². The van der Waals surface area contributed by atoms with Crippen molar-refractivity contribution in [3.8, 4) is 9.88 Å². The van der Waals surface area contributed by atoms with E-state index in [1.165, 1.54) is 5.56 Å². The van der Waals surface area contributed by atoms with Gasteiger partial charge in [-0.05, 0) is 39.7 Å². The van der Waals surface area contributed by atoms with Gasteiger partial charge in [0, 0.05) is 40.6 Å². The van der Waals surface area contributed by atoms with Gasteiger partial charge in [0.05, 0.1) is 30.2 Å². The second kappa shape index (κ2) is 9.28. The van der Waals surface area contributed by atoms with Crippen LogP contribution in [0.1, 0.15) is 11.3 Å². The molecule has 1 amide bonds. The van der Waals surface area contributed by atoms with Crippen LogP contribution in [0.5, 0.6) is 0 Å². The van der Waals surface area contributed by atoms with E-state index in [4.69, 9.17) is 4.74 Å². The Morgan fingerprint density at radius 2 is 2.07 bits per heavy atom. The maximum Gasteiger partial charge on any atom is 0.230 e. The van der Waals surface area contributed by atoms with E-state index >= 15 is 0 Å². The molecule has 1 aliphatic rings. The number of benzene rings is 1. The highest BCUT2D eigenvalue weighted by Gasteiger charge is 2.13. The number of ether oxygens (including phenoxy) is 1. The minimum atomic E-state index is -0.0484. The lowest BCUT2D eigenvalue weighted by molar-refractivity contribution is -0.115. The molecule has 3 aromatic rings. The van der Waals surface area contributed by atoms with Gasteiger partial charge in [-0.2, -0.15) is 0 Å². The second-order valence-corrected chi connectivity index (χ2v) is 9.27. The van der Waals surface area contributed by atoms with Crippen LogP contribution in [0, 0.1) is 0 Å². The van der Waals surface area contributed by atoms with E-state index in [-0.39, 0.29) is 12.3 Å². The highest BCUT2D eigenvalue weighted by atomic mass is 79.9. The van der Waals surface area contributed by atoms with Crippen molar-refractivity contribution in [1.29, 1.82) is 0 Å². The number of carbonyl (C=O) groups is 1.